The molecule has 0 bridgehead atoms. The summed E-state index contributed by atoms with van der Waals surface area (Å²) in [4.78, 5) is 15.0. The van der Waals surface area contributed by atoms with Gasteiger partial charge in [0.2, 0.25) is 0 Å². The van der Waals surface area contributed by atoms with Gasteiger partial charge in [-0.05, 0) is 39.1 Å². The Balaban J connectivity index is 2.67. The number of carbonyl (C=O) groups excluding carboxylic acids is 1. The fourth-order valence-corrected chi connectivity index (χ4v) is 10.2. The van der Waals surface area contributed by atoms with E-state index in [-0.39, 0.29) is 16.7 Å². The highest BCUT2D eigenvalue weighted by molar-refractivity contribution is 6.99. The third-order valence-corrected chi connectivity index (χ3v) is 16.8. The Kier molecular flexibility index (Phi) is 10.7. The Labute approximate surface area is 230 Å². The van der Waals surface area contributed by atoms with E-state index in [2.05, 4.69) is 88.9 Å². The highest BCUT2D eigenvalue weighted by atomic mass is 28.4. The molecule has 0 N–H and O–H groups in total. The van der Waals surface area contributed by atoms with Crippen molar-refractivity contribution in [1.82, 2.24) is 0 Å². The van der Waals surface area contributed by atoms with Crippen molar-refractivity contribution >= 4 is 33.0 Å². The molecule has 9 heteroatoms. The van der Waals surface area contributed by atoms with Crippen LogP contribution in [0, 0.1) is 0 Å². The summed E-state index contributed by atoms with van der Waals surface area (Å²) in [5, 5.41) is 6.00. The quantitative estimate of drug-likeness (QED) is 0.0808. The van der Waals surface area contributed by atoms with Crippen molar-refractivity contribution in [3.63, 3.8) is 0 Å². The number of hydrogen-bond acceptors (Lipinski definition) is 5. The summed E-state index contributed by atoms with van der Waals surface area (Å²) in [6.07, 6.45) is 2.23. The molecule has 0 spiro atoms. The Bertz CT molecular complexity index is 1080. The van der Waals surface area contributed by atoms with Crippen LogP contribution in [0.15, 0.2) is 77.9 Å². The summed E-state index contributed by atoms with van der Waals surface area (Å²) in [6.45, 7) is 17.6. The standard InChI is InChI=1S/C29H43N3O4Si2/c1-28(2,3)37(8,9)36-26(25(31-32-30)20-21-27(33)34-7)22-35-38(29(4,5)6,23-16-12-10-13-17-23)24-18-14-11-15-19-24/h10-21,25-26H,22H2,1-9H3/b21-20+/t25-,26-/m1/s1. The lowest BCUT2D eigenvalue weighted by atomic mass is 10.1. The minimum absolute atomic E-state index is 0.0877. The van der Waals surface area contributed by atoms with E-state index in [9.17, 15) is 10.3 Å². The summed E-state index contributed by atoms with van der Waals surface area (Å²) < 4.78 is 18.8. The van der Waals surface area contributed by atoms with Crippen molar-refractivity contribution in [2.75, 3.05) is 13.7 Å². The number of esters is 1. The first-order valence-corrected chi connectivity index (χ1v) is 17.7. The van der Waals surface area contributed by atoms with Gasteiger partial charge in [-0.1, -0.05) is 113 Å². The first-order chi connectivity index (χ1) is 17.7. The molecule has 2 atom stereocenters. The van der Waals surface area contributed by atoms with Gasteiger partial charge in [-0.25, -0.2) is 4.79 Å². The number of azide groups is 1. The zero-order chi connectivity index (χ0) is 28.6. The summed E-state index contributed by atoms with van der Waals surface area (Å²) in [5.74, 6) is -0.526. The van der Waals surface area contributed by atoms with Crippen LogP contribution in [0.3, 0.4) is 0 Å². The monoisotopic (exact) mass is 553 g/mol. The van der Waals surface area contributed by atoms with Gasteiger partial charge in [-0.2, -0.15) is 0 Å². The Morgan fingerprint density at radius 2 is 1.45 bits per heavy atom. The van der Waals surface area contributed by atoms with Crippen LogP contribution in [0.4, 0.5) is 0 Å². The van der Waals surface area contributed by atoms with Crippen LogP contribution < -0.4 is 10.4 Å². The van der Waals surface area contributed by atoms with Crippen LogP contribution in [-0.4, -0.2) is 48.5 Å². The molecular formula is C29H43N3O4Si2. The van der Waals surface area contributed by atoms with E-state index in [1.54, 1.807) is 6.08 Å². The third-order valence-electron chi connectivity index (χ3n) is 7.33. The van der Waals surface area contributed by atoms with Crippen molar-refractivity contribution in [2.45, 2.75) is 76.9 Å². The van der Waals surface area contributed by atoms with Crippen LogP contribution in [-0.2, 0) is 18.4 Å². The maximum absolute atomic E-state index is 11.9. The van der Waals surface area contributed by atoms with Gasteiger partial charge in [-0.3, -0.25) is 0 Å². The molecule has 0 aliphatic rings. The van der Waals surface area contributed by atoms with Crippen molar-refractivity contribution < 1.29 is 18.4 Å². The molecule has 2 rings (SSSR count). The van der Waals surface area contributed by atoms with Crippen molar-refractivity contribution in [3.05, 3.63) is 83.3 Å². The van der Waals surface area contributed by atoms with Crippen molar-refractivity contribution in [2.24, 2.45) is 5.11 Å². The average Bonchev–Trinajstić information content (AvgIpc) is 2.85. The zero-order valence-electron chi connectivity index (χ0n) is 24.3. The molecule has 0 saturated carbocycles. The van der Waals surface area contributed by atoms with Crippen molar-refractivity contribution in [1.29, 1.82) is 0 Å². The molecule has 0 radical (unpaired) electrons. The largest absolute Gasteiger partial charge is 0.466 e. The lowest BCUT2D eigenvalue weighted by Gasteiger charge is -2.45. The Hall–Kier alpha value is -2.69. The number of rotatable bonds is 11. The molecule has 0 saturated heterocycles. The smallest absolute Gasteiger partial charge is 0.330 e. The number of nitrogens with zero attached hydrogens (tertiary/aromatic N) is 3. The van der Waals surface area contributed by atoms with E-state index >= 15 is 0 Å². The first kappa shape index (κ1) is 31.5. The third kappa shape index (κ3) is 7.45. The van der Waals surface area contributed by atoms with Crippen molar-refractivity contribution in [3.8, 4) is 0 Å². The molecule has 2 aromatic carbocycles. The number of hydrogen-bond donors (Lipinski definition) is 0. The Morgan fingerprint density at radius 3 is 1.84 bits per heavy atom. The van der Waals surface area contributed by atoms with Gasteiger partial charge in [0.1, 0.15) is 0 Å². The van der Waals surface area contributed by atoms with Crippen LogP contribution in [0.1, 0.15) is 41.5 Å². The van der Waals surface area contributed by atoms with E-state index in [1.165, 1.54) is 13.2 Å². The fourth-order valence-electron chi connectivity index (χ4n) is 4.27. The molecule has 0 aliphatic carbocycles. The number of ether oxygens (including phenoxy) is 1. The average molecular weight is 554 g/mol. The summed E-state index contributed by atoms with van der Waals surface area (Å²) in [7, 11) is -3.88. The SMILES string of the molecule is COC(=O)/C=C/[C@@H](N=[N+]=[N-])[C@@H](CO[Si](c1ccccc1)(c1ccccc1)C(C)(C)C)O[Si](C)(C)C(C)(C)C. The summed E-state index contributed by atoms with van der Waals surface area (Å²) in [5.41, 5.74) is 9.41. The molecule has 38 heavy (non-hydrogen) atoms. The van der Waals surface area contributed by atoms with Gasteiger partial charge >= 0.3 is 5.97 Å². The van der Waals surface area contributed by atoms with Crippen LogP contribution >= 0.6 is 0 Å². The van der Waals surface area contributed by atoms with Crippen LogP contribution in [0.2, 0.25) is 23.2 Å². The van der Waals surface area contributed by atoms with Gasteiger partial charge in [-0.15, -0.1) is 0 Å². The second-order valence-electron chi connectivity index (χ2n) is 12.0. The lowest BCUT2D eigenvalue weighted by molar-refractivity contribution is -0.134. The predicted molar refractivity (Wildman–Crippen MR) is 160 cm³/mol. The molecule has 0 unspecified atom stereocenters. The second kappa shape index (κ2) is 12.9. The van der Waals surface area contributed by atoms with Gasteiger partial charge in [0, 0.05) is 11.0 Å². The first-order valence-electron chi connectivity index (χ1n) is 12.9. The minimum Gasteiger partial charge on any atom is -0.466 e. The second-order valence-corrected chi connectivity index (χ2v) is 21.0. The maximum Gasteiger partial charge on any atom is 0.330 e. The molecule has 0 heterocycles. The molecule has 7 nitrogen and oxygen atoms in total. The summed E-state index contributed by atoms with van der Waals surface area (Å²) in [6, 6.07) is 20.0. The van der Waals surface area contributed by atoms with Gasteiger partial charge in [0.25, 0.3) is 8.32 Å². The van der Waals surface area contributed by atoms with E-state index in [0.29, 0.717) is 0 Å². The molecular weight excluding hydrogens is 511 g/mol. The lowest BCUT2D eigenvalue weighted by Crippen LogP contribution is -2.67. The molecule has 0 amide bonds. The van der Waals surface area contributed by atoms with Gasteiger partial charge in [0.05, 0.1) is 25.9 Å². The molecule has 0 fully saturated rings. The fraction of sp³-hybridized carbons (Fsp3) is 0.483. The van der Waals surface area contributed by atoms with Gasteiger partial charge in [0.15, 0.2) is 8.32 Å². The molecule has 0 aliphatic heterocycles. The predicted octanol–water partition coefficient (Wildman–Crippen LogP) is 6.36. The van der Waals surface area contributed by atoms with E-state index in [1.807, 2.05) is 36.4 Å². The molecule has 2 aromatic rings. The minimum atomic E-state index is -2.87. The number of methoxy groups -OCH3 is 1. The topological polar surface area (TPSA) is 93.5 Å². The summed E-state index contributed by atoms with van der Waals surface area (Å²) >= 11 is 0. The van der Waals surface area contributed by atoms with Crippen LogP contribution in [0.25, 0.3) is 10.4 Å². The van der Waals surface area contributed by atoms with Crippen LogP contribution in [0.5, 0.6) is 0 Å². The normalized spacial score (nSPS) is 14.6. The maximum atomic E-state index is 11.9. The van der Waals surface area contributed by atoms with E-state index in [0.717, 1.165) is 10.4 Å². The number of carbonyl (C=O) groups is 1. The number of benzene rings is 2. The Morgan fingerprint density at radius 1 is 0.947 bits per heavy atom. The highest BCUT2D eigenvalue weighted by Gasteiger charge is 2.51. The van der Waals surface area contributed by atoms with E-state index in [4.69, 9.17) is 13.6 Å². The van der Waals surface area contributed by atoms with Gasteiger partial charge < -0.3 is 13.6 Å². The zero-order valence-corrected chi connectivity index (χ0v) is 26.3. The van der Waals surface area contributed by atoms with E-state index < -0.39 is 34.7 Å². The molecule has 0 aromatic heterocycles. The highest BCUT2D eigenvalue weighted by Crippen LogP contribution is 2.40. The molecule has 206 valence electrons.